The van der Waals surface area contributed by atoms with Gasteiger partial charge in [-0.3, -0.25) is 4.98 Å². The minimum atomic E-state index is 0.155. The number of benzene rings is 3. The maximum absolute atomic E-state index is 6.37. The highest BCUT2D eigenvalue weighted by atomic mass is 35.5. The van der Waals surface area contributed by atoms with Crippen molar-refractivity contribution in [1.82, 2.24) is 19.9 Å². The largest absolute Gasteiger partial charge is 0.456 e. The summed E-state index contributed by atoms with van der Waals surface area (Å²) in [5.74, 6) is 1.06. The van der Waals surface area contributed by atoms with Crippen LogP contribution < -0.4 is 0 Å². The fourth-order valence-corrected chi connectivity index (χ4v) is 5.65. The van der Waals surface area contributed by atoms with Gasteiger partial charge in [0.1, 0.15) is 11.2 Å². The van der Waals surface area contributed by atoms with Crippen LogP contribution in [0.4, 0.5) is 0 Å². The van der Waals surface area contributed by atoms with Crippen LogP contribution >= 0.6 is 22.9 Å². The molecule has 0 amide bonds. The Kier molecular flexibility index (Phi) is 4.00. The van der Waals surface area contributed by atoms with Crippen LogP contribution in [0.3, 0.4) is 0 Å². The molecule has 156 valence electrons. The molecule has 0 aliphatic carbocycles. The van der Waals surface area contributed by atoms with Crippen LogP contribution in [-0.4, -0.2) is 19.9 Å². The topological polar surface area (TPSA) is 64.7 Å². The van der Waals surface area contributed by atoms with Gasteiger partial charge in [-0.05, 0) is 41.9 Å². The van der Waals surface area contributed by atoms with E-state index in [1.807, 2.05) is 42.6 Å². The standard InChI is InChI=1S/C26H13ClN4OS/c27-26-30-24(14-8-9-15-19-13-28-11-10-20(19)32-21(15)12-14)29-25(31-26)18-6-3-5-17-16-4-1-2-7-22(16)33-23(17)18/h1-13H. The number of aromatic nitrogens is 4. The zero-order chi connectivity index (χ0) is 21.9. The third-order valence-corrected chi connectivity index (χ3v) is 7.17. The van der Waals surface area contributed by atoms with Gasteiger partial charge in [0.25, 0.3) is 0 Å². The molecule has 3 aromatic carbocycles. The zero-order valence-electron chi connectivity index (χ0n) is 17.0. The predicted octanol–water partition coefficient (Wildman–Crippen LogP) is 7.52. The molecule has 0 fully saturated rings. The van der Waals surface area contributed by atoms with Gasteiger partial charge in [-0.15, -0.1) is 11.3 Å². The Labute approximate surface area is 196 Å². The average Bonchev–Trinajstić information content (AvgIpc) is 3.41. The monoisotopic (exact) mass is 464 g/mol. The van der Waals surface area contributed by atoms with Crippen LogP contribution in [0.2, 0.25) is 5.28 Å². The van der Waals surface area contributed by atoms with E-state index in [1.165, 1.54) is 15.5 Å². The summed E-state index contributed by atoms with van der Waals surface area (Å²) >= 11 is 8.10. The van der Waals surface area contributed by atoms with E-state index < -0.39 is 0 Å². The molecule has 4 aromatic heterocycles. The van der Waals surface area contributed by atoms with Crippen molar-refractivity contribution in [3.8, 4) is 22.8 Å². The van der Waals surface area contributed by atoms with Gasteiger partial charge in [-0.25, -0.2) is 4.98 Å². The number of nitrogens with zero attached hydrogens (tertiary/aromatic N) is 4. The van der Waals surface area contributed by atoms with Gasteiger partial charge in [0.15, 0.2) is 11.6 Å². The summed E-state index contributed by atoms with van der Waals surface area (Å²) in [6.07, 6.45) is 3.53. The van der Waals surface area contributed by atoms with E-state index in [2.05, 4.69) is 45.3 Å². The lowest BCUT2D eigenvalue weighted by Crippen LogP contribution is -1.97. The molecule has 0 aliphatic rings. The molecule has 7 heteroatoms. The Balaban J connectivity index is 1.42. The summed E-state index contributed by atoms with van der Waals surface area (Å²) in [6.45, 7) is 0. The van der Waals surface area contributed by atoms with Gasteiger partial charge in [0.2, 0.25) is 5.28 Å². The van der Waals surface area contributed by atoms with Gasteiger partial charge < -0.3 is 4.42 Å². The number of furan rings is 1. The van der Waals surface area contributed by atoms with E-state index >= 15 is 0 Å². The summed E-state index contributed by atoms with van der Waals surface area (Å²) in [5.41, 5.74) is 3.29. The first-order chi connectivity index (χ1) is 16.2. The van der Waals surface area contributed by atoms with E-state index in [4.69, 9.17) is 21.0 Å². The van der Waals surface area contributed by atoms with Gasteiger partial charge >= 0.3 is 0 Å². The Morgan fingerprint density at radius 1 is 0.727 bits per heavy atom. The quantitative estimate of drug-likeness (QED) is 0.264. The predicted molar refractivity (Wildman–Crippen MR) is 134 cm³/mol. The van der Waals surface area contributed by atoms with Crippen molar-refractivity contribution in [2.75, 3.05) is 0 Å². The van der Waals surface area contributed by atoms with Crippen molar-refractivity contribution < 1.29 is 4.42 Å². The molecule has 33 heavy (non-hydrogen) atoms. The van der Waals surface area contributed by atoms with Crippen LogP contribution in [0.5, 0.6) is 0 Å². The van der Waals surface area contributed by atoms with Crippen molar-refractivity contribution in [2.45, 2.75) is 0 Å². The molecule has 0 radical (unpaired) electrons. The highest BCUT2D eigenvalue weighted by Crippen LogP contribution is 2.39. The molecule has 0 N–H and O–H groups in total. The van der Waals surface area contributed by atoms with Crippen molar-refractivity contribution in [3.05, 3.63) is 84.4 Å². The lowest BCUT2D eigenvalue weighted by atomic mass is 10.1. The van der Waals surface area contributed by atoms with Gasteiger partial charge in [-0.2, -0.15) is 9.97 Å². The van der Waals surface area contributed by atoms with Crippen molar-refractivity contribution in [3.63, 3.8) is 0 Å². The molecule has 0 spiro atoms. The number of thiophene rings is 1. The molecule has 0 saturated carbocycles. The van der Waals surface area contributed by atoms with Crippen LogP contribution in [0, 0.1) is 0 Å². The summed E-state index contributed by atoms with van der Waals surface area (Å²) in [6, 6.07) is 22.3. The molecular weight excluding hydrogens is 452 g/mol. The normalized spacial score (nSPS) is 11.8. The summed E-state index contributed by atoms with van der Waals surface area (Å²) in [4.78, 5) is 17.9. The number of pyridine rings is 1. The van der Waals surface area contributed by atoms with E-state index in [1.54, 1.807) is 17.5 Å². The van der Waals surface area contributed by atoms with Crippen LogP contribution in [0.15, 0.2) is 83.5 Å². The second-order valence-electron chi connectivity index (χ2n) is 7.72. The SMILES string of the molecule is Clc1nc(-c2ccc3c(c2)oc2ccncc23)nc(-c2cccc3c2sc2ccccc23)n1. The summed E-state index contributed by atoms with van der Waals surface area (Å²) < 4.78 is 8.37. The van der Waals surface area contributed by atoms with Crippen molar-refractivity contribution >= 4 is 65.0 Å². The van der Waals surface area contributed by atoms with E-state index in [0.29, 0.717) is 11.6 Å². The number of hydrogen-bond acceptors (Lipinski definition) is 6. The first-order valence-electron chi connectivity index (χ1n) is 10.3. The van der Waals surface area contributed by atoms with Gasteiger partial charge in [-0.1, -0.05) is 36.4 Å². The third-order valence-electron chi connectivity index (χ3n) is 5.78. The van der Waals surface area contributed by atoms with E-state index in [0.717, 1.165) is 37.8 Å². The molecule has 5 nitrogen and oxygen atoms in total. The second-order valence-corrected chi connectivity index (χ2v) is 9.11. The first-order valence-corrected chi connectivity index (χ1v) is 11.5. The van der Waals surface area contributed by atoms with Gasteiger partial charge in [0.05, 0.1) is 0 Å². The Hall–Kier alpha value is -3.87. The Bertz CT molecular complexity index is 1860. The van der Waals surface area contributed by atoms with E-state index in [-0.39, 0.29) is 5.28 Å². The average molecular weight is 465 g/mol. The van der Waals surface area contributed by atoms with Crippen molar-refractivity contribution in [2.24, 2.45) is 0 Å². The minimum Gasteiger partial charge on any atom is -0.456 e. The molecule has 0 atom stereocenters. The zero-order valence-corrected chi connectivity index (χ0v) is 18.6. The molecule has 0 aliphatic heterocycles. The number of rotatable bonds is 2. The summed E-state index contributed by atoms with van der Waals surface area (Å²) in [5, 5.41) is 4.54. The molecular formula is C26H13ClN4OS. The highest BCUT2D eigenvalue weighted by Gasteiger charge is 2.16. The Morgan fingerprint density at radius 3 is 2.58 bits per heavy atom. The molecule has 7 aromatic rings. The molecule has 0 saturated heterocycles. The number of fused-ring (bicyclic) bond motifs is 6. The minimum absolute atomic E-state index is 0.155. The third kappa shape index (κ3) is 2.92. The molecule has 0 unspecified atom stereocenters. The first kappa shape index (κ1) is 18.7. The highest BCUT2D eigenvalue weighted by molar-refractivity contribution is 7.26. The molecule has 4 heterocycles. The van der Waals surface area contributed by atoms with Crippen molar-refractivity contribution in [1.29, 1.82) is 0 Å². The lowest BCUT2D eigenvalue weighted by Gasteiger charge is -2.06. The fraction of sp³-hybridized carbons (Fsp3) is 0. The van der Waals surface area contributed by atoms with Crippen LogP contribution in [0.1, 0.15) is 0 Å². The van der Waals surface area contributed by atoms with E-state index in [9.17, 15) is 0 Å². The fourth-order valence-electron chi connectivity index (χ4n) is 4.28. The van der Waals surface area contributed by atoms with Crippen LogP contribution in [0.25, 0.3) is 64.9 Å². The van der Waals surface area contributed by atoms with Crippen LogP contribution in [-0.2, 0) is 0 Å². The van der Waals surface area contributed by atoms with Gasteiger partial charge in [0, 0.05) is 54.5 Å². The molecule has 0 bridgehead atoms. The lowest BCUT2D eigenvalue weighted by molar-refractivity contribution is 0.668. The maximum Gasteiger partial charge on any atom is 0.226 e. The second kappa shape index (κ2) is 7.07. The number of halogens is 1. The smallest absolute Gasteiger partial charge is 0.226 e. The maximum atomic E-state index is 6.37. The molecule has 7 rings (SSSR count). The number of hydrogen-bond donors (Lipinski definition) is 0. The Morgan fingerprint density at radius 2 is 1.61 bits per heavy atom. The summed E-state index contributed by atoms with van der Waals surface area (Å²) in [7, 11) is 0.